The van der Waals surface area contributed by atoms with Gasteiger partial charge < -0.3 is 0 Å². The molecule has 1 aliphatic rings. The molecule has 32 heavy (non-hydrogen) atoms. The van der Waals surface area contributed by atoms with E-state index in [4.69, 9.17) is 23.2 Å². The van der Waals surface area contributed by atoms with Gasteiger partial charge in [-0.05, 0) is 67.4 Å². The van der Waals surface area contributed by atoms with E-state index >= 15 is 0 Å². The van der Waals surface area contributed by atoms with Crippen molar-refractivity contribution in [2.75, 3.05) is 15.7 Å². The van der Waals surface area contributed by atoms with Crippen molar-refractivity contribution >= 4 is 56.4 Å². The van der Waals surface area contributed by atoms with Gasteiger partial charge in [-0.1, -0.05) is 41.4 Å². The minimum Gasteiger partial charge on any atom is -0.292 e. The van der Waals surface area contributed by atoms with Crippen molar-refractivity contribution in [2.24, 2.45) is 0 Å². The zero-order valence-corrected chi connectivity index (χ0v) is 19.5. The Morgan fingerprint density at radius 1 is 0.906 bits per heavy atom. The van der Waals surface area contributed by atoms with E-state index in [-0.39, 0.29) is 33.4 Å². The van der Waals surface area contributed by atoms with Gasteiger partial charge >= 0.3 is 6.03 Å². The first-order chi connectivity index (χ1) is 15.1. The molecule has 0 aromatic heterocycles. The molecule has 9 heteroatoms. The monoisotopic (exact) mass is 488 g/mol. The summed E-state index contributed by atoms with van der Waals surface area (Å²) in [6.07, 6.45) is 0. The second-order valence-corrected chi connectivity index (χ2v) is 10.1. The number of carbonyl (C=O) groups excluding carboxylic acids is 2. The third-order valence-corrected chi connectivity index (χ3v) is 7.55. The molecule has 0 atom stereocenters. The highest BCUT2D eigenvalue weighted by Gasteiger charge is 2.43. The first-order valence-electron chi connectivity index (χ1n) is 9.62. The highest BCUT2D eigenvalue weighted by atomic mass is 35.5. The molecule has 0 saturated heterocycles. The quantitative estimate of drug-likeness (QED) is 0.446. The third-order valence-electron chi connectivity index (χ3n) is 5.06. The second kappa shape index (κ2) is 8.24. The Hall–Kier alpha value is -2.87. The normalized spacial score (nSPS) is 14.9. The zero-order valence-electron chi connectivity index (χ0n) is 17.2. The number of amides is 2. The molecular formula is C23H18Cl2N2O4S. The number of fused-ring (bicyclic) bond motifs is 1. The standard InChI is InChI=1S/C23H18Cl2N2O4S/c1-14-9-15(2)11-17(10-14)27-23(29)26(20-5-3-4-6-22(20)32(27,30)31)13-21(28)16-7-8-18(24)19(25)12-16/h3-12H,13H2,1-2H3. The molecule has 4 rings (SSSR count). The van der Waals surface area contributed by atoms with Crippen molar-refractivity contribution in [1.29, 1.82) is 0 Å². The van der Waals surface area contributed by atoms with Gasteiger partial charge in [0.2, 0.25) is 0 Å². The van der Waals surface area contributed by atoms with Crippen molar-refractivity contribution in [3.63, 3.8) is 0 Å². The van der Waals surface area contributed by atoms with Crippen LogP contribution in [0.5, 0.6) is 0 Å². The first kappa shape index (κ1) is 22.3. The van der Waals surface area contributed by atoms with Gasteiger partial charge in [0.05, 0.1) is 28.0 Å². The molecule has 0 saturated carbocycles. The fourth-order valence-electron chi connectivity index (χ4n) is 3.69. The van der Waals surface area contributed by atoms with Crippen LogP contribution in [0.1, 0.15) is 21.5 Å². The van der Waals surface area contributed by atoms with Gasteiger partial charge in [-0.15, -0.1) is 0 Å². The Kier molecular flexibility index (Phi) is 5.75. The van der Waals surface area contributed by atoms with Crippen LogP contribution >= 0.6 is 23.2 Å². The van der Waals surface area contributed by atoms with Gasteiger partial charge in [0.15, 0.2) is 5.78 Å². The molecule has 0 unspecified atom stereocenters. The molecular weight excluding hydrogens is 471 g/mol. The van der Waals surface area contributed by atoms with E-state index in [9.17, 15) is 18.0 Å². The number of halogens is 2. The summed E-state index contributed by atoms with van der Waals surface area (Å²) in [5.41, 5.74) is 2.23. The number of hydrogen-bond acceptors (Lipinski definition) is 4. The zero-order chi connectivity index (χ0) is 23.2. The van der Waals surface area contributed by atoms with Gasteiger partial charge in [0.1, 0.15) is 4.90 Å². The minimum absolute atomic E-state index is 0.0549. The Morgan fingerprint density at radius 2 is 1.56 bits per heavy atom. The van der Waals surface area contributed by atoms with E-state index in [1.165, 1.54) is 35.2 Å². The molecule has 0 N–H and O–H groups in total. The van der Waals surface area contributed by atoms with E-state index in [2.05, 4.69) is 0 Å². The number of para-hydroxylation sites is 1. The summed E-state index contributed by atoms with van der Waals surface area (Å²) in [7, 11) is -4.17. The lowest BCUT2D eigenvalue weighted by Crippen LogP contribution is -2.52. The maximum atomic E-state index is 13.5. The predicted molar refractivity (Wildman–Crippen MR) is 126 cm³/mol. The summed E-state index contributed by atoms with van der Waals surface area (Å²) in [6, 6.07) is 14.8. The van der Waals surface area contributed by atoms with Crippen LogP contribution in [0.2, 0.25) is 10.0 Å². The molecule has 164 valence electrons. The maximum absolute atomic E-state index is 13.5. The number of nitrogens with zero attached hydrogens (tertiary/aromatic N) is 2. The van der Waals surface area contributed by atoms with Gasteiger partial charge in [0.25, 0.3) is 10.0 Å². The lowest BCUT2D eigenvalue weighted by molar-refractivity contribution is 0.0999. The molecule has 0 fully saturated rings. The summed E-state index contributed by atoms with van der Waals surface area (Å²) < 4.78 is 27.5. The second-order valence-electron chi connectivity index (χ2n) is 7.50. The highest BCUT2D eigenvalue weighted by molar-refractivity contribution is 7.94. The topological polar surface area (TPSA) is 74.8 Å². The summed E-state index contributed by atoms with van der Waals surface area (Å²) in [4.78, 5) is 27.6. The number of carbonyl (C=O) groups is 2. The minimum atomic E-state index is -4.17. The Labute approximate surface area is 196 Å². The first-order valence-corrected chi connectivity index (χ1v) is 11.8. The predicted octanol–water partition coefficient (Wildman–Crippen LogP) is 5.63. The van der Waals surface area contributed by atoms with Crippen LogP contribution in [0.4, 0.5) is 16.2 Å². The molecule has 0 bridgehead atoms. The molecule has 0 aliphatic carbocycles. The van der Waals surface area contributed by atoms with E-state index in [1.54, 1.807) is 24.3 Å². The Morgan fingerprint density at radius 3 is 2.22 bits per heavy atom. The van der Waals surface area contributed by atoms with Gasteiger partial charge in [-0.2, -0.15) is 4.31 Å². The number of Topliss-reactive ketones (excluding diaryl/α,β-unsaturated/α-hetero) is 1. The van der Waals surface area contributed by atoms with Crippen molar-refractivity contribution in [3.8, 4) is 0 Å². The van der Waals surface area contributed by atoms with Gasteiger partial charge in [0, 0.05) is 5.56 Å². The molecule has 0 spiro atoms. The SMILES string of the molecule is Cc1cc(C)cc(N2C(=O)N(CC(=O)c3ccc(Cl)c(Cl)c3)c3ccccc3S2(=O)=O)c1. The summed E-state index contributed by atoms with van der Waals surface area (Å²) in [6.45, 7) is 3.26. The van der Waals surface area contributed by atoms with Crippen molar-refractivity contribution in [2.45, 2.75) is 18.7 Å². The molecule has 0 radical (unpaired) electrons. The molecule has 1 heterocycles. The molecule has 3 aromatic rings. The van der Waals surface area contributed by atoms with E-state index in [0.29, 0.717) is 5.02 Å². The average molecular weight is 489 g/mol. The third kappa shape index (κ3) is 3.88. The average Bonchev–Trinajstić information content (AvgIpc) is 2.72. The van der Waals surface area contributed by atoms with Crippen molar-refractivity contribution in [1.82, 2.24) is 0 Å². The van der Waals surface area contributed by atoms with Crippen molar-refractivity contribution in [3.05, 3.63) is 87.4 Å². The maximum Gasteiger partial charge on any atom is 0.343 e. The lowest BCUT2D eigenvalue weighted by atomic mass is 10.1. The molecule has 3 aromatic carbocycles. The Balaban J connectivity index is 1.82. The fourth-order valence-corrected chi connectivity index (χ4v) is 5.56. The summed E-state index contributed by atoms with van der Waals surface area (Å²) in [5.74, 6) is -0.411. The van der Waals surface area contributed by atoms with E-state index in [1.807, 2.05) is 19.9 Å². The van der Waals surface area contributed by atoms with E-state index < -0.39 is 21.8 Å². The number of hydrogen-bond donors (Lipinski definition) is 0. The van der Waals surface area contributed by atoms with Gasteiger partial charge in [-0.25, -0.2) is 13.2 Å². The largest absolute Gasteiger partial charge is 0.343 e. The highest BCUT2D eigenvalue weighted by Crippen LogP contribution is 2.37. The summed E-state index contributed by atoms with van der Waals surface area (Å²) >= 11 is 12.0. The van der Waals surface area contributed by atoms with Gasteiger partial charge in [-0.3, -0.25) is 9.69 Å². The van der Waals surface area contributed by atoms with Crippen LogP contribution in [0.15, 0.2) is 65.6 Å². The number of rotatable bonds is 4. The number of aryl methyl sites for hydroxylation is 2. The Bertz CT molecular complexity index is 1350. The smallest absolute Gasteiger partial charge is 0.292 e. The molecule has 1 aliphatic heterocycles. The fraction of sp³-hybridized carbons (Fsp3) is 0.130. The van der Waals surface area contributed by atoms with Crippen LogP contribution in [0, 0.1) is 13.8 Å². The van der Waals surface area contributed by atoms with Crippen molar-refractivity contribution < 1.29 is 18.0 Å². The number of anilines is 2. The lowest BCUT2D eigenvalue weighted by Gasteiger charge is -2.36. The number of benzene rings is 3. The van der Waals surface area contributed by atoms with Crippen LogP contribution in [0.25, 0.3) is 0 Å². The molecule has 6 nitrogen and oxygen atoms in total. The van der Waals surface area contributed by atoms with Crippen LogP contribution in [-0.4, -0.2) is 26.8 Å². The van der Waals surface area contributed by atoms with Crippen LogP contribution in [-0.2, 0) is 10.0 Å². The van der Waals surface area contributed by atoms with Crippen LogP contribution < -0.4 is 9.21 Å². The van der Waals surface area contributed by atoms with Crippen LogP contribution in [0.3, 0.4) is 0 Å². The van der Waals surface area contributed by atoms with E-state index in [0.717, 1.165) is 15.4 Å². The number of urea groups is 1. The summed E-state index contributed by atoms with van der Waals surface area (Å²) in [5, 5.41) is 0.511. The number of sulfonamides is 1. The molecule has 2 amide bonds. The number of ketones is 1.